The van der Waals surface area contributed by atoms with Crippen LogP contribution in [-0.4, -0.2) is 24.1 Å². The van der Waals surface area contributed by atoms with Gasteiger partial charge in [0.15, 0.2) is 0 Å². The first kappa shape index (κ1) is 30.9. The van der Waals surface area contributed by atoms with E-state index < -0.39 is 0 Å². The van der Waals surface area contributed by atoms with Gasteiger partial charge in [-0.1, -0.05) is 105 Å². The molecule has 0 radical (unpaired) electrons. The molecule has 190 valence electrons. The van der Waals surface area contributed by atoms with Crippen LogP contribution in [0, 0.1) is 0 Å². The van der Waals surface area contributed by atoms with Gasteiger partial charge in [0.25, 0.3) is 0 Å². The molecule has 0 aliphatic carbocycles. The minimum absolute atomic E-state index is 0.123. The highest BCUT2D eigenvalue weighted by Crippen LogP contribution is 2.21. The van der Waals surface area contributed by atoms with Crippen molar-refractivity contribution >= 4 is 11.9 Å². The Kier molecular flexibility index (Phi) is 22.3. The molecule has 0 aromatic carbocycles. The van der Waals surface area contributed by atoms with Crippen molar-refractivity contribution in [1.82, 2.24) is 0 Å². The SMILES string of the molecule is CCCCCCCC(=O)OC(CCCCCC)C(CCCCCC)OC(=O)CCCCC. The third-order valence-electron chi connectivity index (χ3n) is 6.13. The number of unbranched alkanes of at least 4 members (excludes halogenated alkanes) is 12. The van der Waals surface area contributed by atoms with Gasteiger partial charge < -0.3 is 9.47 Å². The molecule has 4 heteroatoms. The Morgan fingerprint density at radius 2 is 0.781 bits per heavy atom. The van der Waals surface area contributed by atoms with Crippen molar-refractivity contribution in [1.29, 1.82) is 0 Å². The van der Waals surface area contributed by atoms with Crippen molar-refractivity contribution in [3.63, 3.8) is 0 Å². The molecule has 0 saturated carbocycles. The van der Waals surface area contributed by atoms with Gasteiger partial charge in [-0.05, 0) is 38.5 Å². The van der Waals surface area contributed by atoms with Crippen LogP contribution in [-0.2, 0) is 19.1 Å². The lowest BCUT2D eigenvalue weighted by Crippen LogP contribution is -2.35. The Labute approximate surface area is 199 Å². The van der Waals surface area contributed by atoms with Gasteiger partial charge in [-0.2, -0.15) is 0 Å². The Morgan fingerprint density at radius 3 is 1.19 bits per heavy atom. The number of hydrogen-bond acceptors (Lipinski definition) is 4. The molecule has 0 aromatic heterocycles. The Hall–Kier alpha value is -1.06. The molecule has 0 aliphatic heterocycles. The van der Waals surface area contributed by atoms with E-state index in [0.29, 0.717) is 12.8 Å². The Balaban J connectivity index is 4.96. The van der Waals surface area contributed by atoms with Crippen LogP contribution in [0.2, 0.25) is 0 Å². The topological polar surface area (TPSA) is 52.6 Å². The second-order valence-corrected chi connectivity index (χ2v) is 9.38. The molecule has 32 heavy (non-hydrogen) atoms. The number of carbonyl (C=O) groups excluding carboxylic acids is 2. The molecule has 4 nitrogen and oxygen atoms in total. The molecule has 0 spiro atoms. The summed E-state index contributed by atoms with van der Waals surface area (Å²) in [4.78, 5) is 25.1. The highest BCUT2D eigenvalue weighted by molar-refractivity contribution is 5.70. The van der Waals surface area contributed by atoms with E-state index in [1.807, 2.05) is 0 Å². The first-order valence-corrected chi connectivity index (χ1v) is 14.0. The zero-order valence-electron chi connectivity index (χ0n) is 21.9. The number of rotatable bonds is 23. The molecule has 0 heterocycles. The highest BCUT2D eigenvalue weighted by Gasteiger charge is 2.28. The van der Waals surface area contributed by atoms with E-state index in [0.717, 1.165) is 70.6 Å². The molecule has 0 amide bonds. The first-order chi connectivity index (χ1) is 15.6. The number of hydrogen-bond donors (Lipinski definition) is 0. The average molecular weight is 455 g/mol. The molecule has 0 saturated heterocycles. The van der Waals surface area contributed by atoms with E-state index in [4.69, 9.17) is 9.47 Å². The zero-order chi connectivity index (χ0) is 23.9. The van der Waals surface area contributed by atoms with Crippen LogP contribution in [0.1, 0.15) is 156 Å². The third-order valence-corrected chi connectivity index (χ3v) is 6.13. The monoisotopic (exact) mass is 454 g/mol. The zero-order valence-corrected chi connectivity index (χ0v) is 21.9. The van der Waals surface area contributed by atoms with E-state index in [1.165, 1.54) is 44.9 Å². The van der Waals surface area contributed by atoms with Crippen molar-refractivity contribution < 1.29 is 19.1 Å². The normalized spacial score (nSPS) is 13.0. The van der Waals surface area contributed by atoms with Gasteiger partial charge in [-0.3, -0.25) is 9.59 Å². The minimum atomic E-state index is -0.299. The summed E-state index contributed by atoms with van der Waals surface area (Å²) in [5, 5.41) is 0. The maximum absolute atomic E-state index is 12.6. The second-order valence-electron chi connectivity index (χ2n) is 9.38. The molecule has 2 unspecified atom stereocenters. The standard InChI is InChI=1S/C28H54O4/c1-5-9-13-16-20-24-28(30)32-26(22-19-15-11-7-3)25(21-18-14-10-6-2)31-27(29)23-17-12-8-4/h25-26H,5-24H2,1-4H3. The summed E-state index contributed by atoms with van der Waals surface area (Å²) >= 11 is 0. The van der Waals surface area contributed by atoms with Crippen LogP contribution < -0.4 is 0 Å². The molecule has 0 N–H and O–H groups in total. The Morgan fingerprint density at radius 1 is 0.469 bits per heavy atom. The van der Waals surface area contributed by atoms with Crippen molar-refractivity contribution in [2.45, 2.75) is 168 Å². The van der Waals surface area contributed by atoms with Crippen molar-refractivity contribution in [2.24, 2.45) is 0 Å². The molecular formula is C28H54O4. The fourth-order valence-corrected chi connectivity index (χ4v) is 4.03. The Bertz CT molecular complexity index is 435. The van der Waals surface area contributed by atoms with E-state index in [9.17, 15) is 9.59 Å². The van der Waals surface area contributed by atoms with E-state index in [-0.39, 0.29) is 24.1 Å². The number of carbonyl (C=O) groups is 2. The summed E-state index contributed by atoms with van der Waals surface area (Å²) in [7, 11) is 0. The van der Waals surface area contributed by atoms with Crippen LogP contribution in [0.4, 0.5) is 0 Å². The lowest BCUT2D eigenvalue weighted by Gasteiger charge is -2.27. The summed E-state index contributed by atoms with van der Waals surface area (Å²) in [6, 6.07) is 0. The van der Waals surface area contributed by atoms with Crippen LogP contribution in [0.3, 0.4) is 0 Å². The number of ether oxygens (including phenoxy) is 2. The van der Waals surface area contributed by atoms with Crippen LogP contribution in [0.15, 0.2) is 0 Å². The van der Waals surface area contributed by atoms with Gasteiger partial charge in [0.05, 0.1) is 0 Å². The summed E-state index contributed by atoms with van der Waals surface area (Å²) < 4.78 is 11.9. The van der Waals surface area contributed by atoms with E-state index in [2.05, 4.69) is 27.7 Å². The van der Waals surface area contributed by atoms with E-state index >= 15 is 0 Å². The van der Waals surface area contributed by atoms with Crippen LogP contribution in [0.25, 0.3) is 0 Å². The summed E-state index contributed by atoms with van der Waals surface area (Å²) in [6.45, 7) is 8.73. The lowest BCUT2D eigenvalue weighted by atomic mass is 9.99. The fourth-order valence-electron chi connectivity index (χ4n) is 4.03. The molecule has 2 atom stereocenters. The maximum Gasteiger partial charge on any atom is 0.306 e. The van der Waals surface area contributed by atoms with Gasteiger partial charge >= 0.3 is 11.9 Å². The van der Waals surface area contributed by atoms with Crippen LogP contribution in [0.5, 0.6) is 0 Å². The minimum Gasteiger partial charge on any atom is -0.458 e. The van der Waals surface area contributed by atoms with Crippen molar-refractivity contribution in [2.75, 3.05) is 0 Å². The van der Waals surface area contributed by atoms with Gasteiger partial charge in [-0.25, -0.2) is 0 Å². The fraction of sp³-hybridized carbons (Fsp3) is 0.929. The summed E-state index contributed by atoms with van der Waals surface area (Å²) in [5.74, 6) is -0.254. The van der Waals surface area contributed by atoms with E-state index in [1.54, 1.807) is 0 Å². The second kappa shape index (κ2) is 23.1. The predicted octanol–water partition coefficient (Wildman–Crippen LogP) is 8.69. The molecule has 0 rings (SSSR count). The number of esters is 2. The summed E-state index contributed by atoms with van der Waals surface area (Å²) in [6.07, 6.45) is 19.5. The molecule has 0 aliphatic rings. The van der Waals surface area contributed by atoms with Gasteiger partial charge in [0, 0.05) is 12.8 Å². The summed E-state index contributed by atoms with van der Waals surface area (Å²) in [5.41, 5.74) is 0. The third kappa shape index (κ3) is 18.5. The largest absolute Gasteiger partial charge is 0.458 e. The van der Waals surface area contributed by atoms with Crippen molar-refractivity contribution in [3.8, 4) is 0 Å². The maximum atomic E-state index is 12.6. The molecular weight excluding hydrogens is 400 g/mol. The van der Waals surface area contributed by atoms with Gasteiger partial charge in [0.1, 0.15) is 12.2 Å². The van der Waals surface area contributed by atoms with Gasteiger partial charge in [-0.15, -0.1) is 0 Å². The average Bonchev–Trinajstić information content (AvgIpc) is 2.78. The van der Waals surface area contributed by atoms with Crippen LogP contribution >= 0.6 is 0 Å². The molecule has 0 bridgehead atoms. The first-order valence-electron chi connectivity index (χ1n) is 14.0. The molecule has 0 aromatic rings. The molecule has 0 fully saturated rings. The highest BCUT2D eigenvalue weighted by atomic mass is 16.6. The smallest absolute Gasteiger partial charge is 0.306 e. The van der Waals surface area contributed by atoms with Gasteiger partial charge in [0.2, 0.25) is 0 Å². The van der Waals surface area contributed by atoms with Crippen molar-refractivity contribution in [3.05, 3.63) is 0 Å². The quantitative estimate of drug-likeness (QED) is 0.114. The lowest BCUT2D eigenvalue weighted by molar-refractivity contribution is -0.169. The predicted molar refractivity (Wildman–Crippen MR) is 135 cm³/mol.